The SMILES string of the molecule is CCOC(=O)c1c(CCCOc2cc(C)cc(SCc3ccc(OC)cc3)c2)c2ccc(Cl)c(-c3c(CO)nn4c3COCC4)c2n1C. The van der Waals surface area contributed by atoms with Crippen molar-refractivity contribution in [1.29, 1.82) is 0 Å². The molecule has 6 rings (SSSR count). The number of esters is 1. The molecule has 2 aromatic heterocycles. The van der Waals surface area contributed by atoms with Crippen LogP contribution < -0.4 is 9.47 Å². The van der Waals surface area contributed by atoms with Gasteiger partial charge in [0, 0.05) is 34.2 Å². The molecule has 0 spiro atoms. The molecule has 252 valence electrons. The van der Waals surface area contributed by atoms with Crippen LogP contribution in [-0.4, -0.2) is 52.4 Å². The van der Waals surface area contributed by atoms with Crippen LogP contribution in [0.2, 0.25) is 5.02 Å². The molecule has 9 nitrogen and oxygen atoms in total. The summed E-state index contributed by atoms with van der Waals surface area (Å²) >= 11 is 8.68. The van der Waals surface area contributed by atoms with Crippen molar-refractivity contribution in [3.63, 3.8) is 0 Å². The number of nitrogens with zero attached hydrogens (tertiary/aromatic N) is 3. The summed E-state index contributed by atoms with van der Waals surface area (Å²) in [6, 6.07) is 18.2. The number of aliphatic hydroxyl groups excluding tert-OH is 1. The van der Waals surface area contributed by atoms with E-state index in [9.17, 15) is 9.90 Å². The molecule has 0 aliphatic carbocycles. The molecule has 5 aromatic rings. The molecule has 1 aliphatic rings. The predicted octanol–water partition coefficient (Wildman–Crippen LogP) is 7.52. The molecule has 3 heterocycles. The number of methoxy groups -OCH3 is 1. The van der Waals surface area contributed by atoms with Gasteiger partial charge in [-0.3, -0.25) is 4.68 Å². The number of fused-ring (bicyclic) bond motifs is 2. The van der Waals surface area contributed by atoms with Crippen LogP contribution >= 0.6 is 23.4 Å². The van der Waals surface area contributed by atoms with Crippen LogP contribution in [0.15, 0.2) is 59.5 Å². The number of hydrogen-bond acceptors (Lipinski definition) is 8. The minimum Gasteiger partial charge on any atom is -0.497 e. The molecule has 0 amide bonds. The van der Waals surface area contributed by atoms with Gasteiger partial charge in [-0.1, -0.05) is 29.8 Å². The third-order valence-corrected chi connectivity index (χ3v) is 9.88. The predicted molar refractivity (Wildman–Crippen MR) is 188 cm³/mol. The van der Waals surface area contributed by atoms with Crippen molar-refractivity contribution in [2.75, 3.05) is 26.9 Å². The van der Waals surface area contributed by atoms with Gasteiger partial charge in [-0.15, -0.1) is 11.8 Å². The molecule has 0 saturated carbocycles. The maximum absolute atomic E-state index is 13.4. The van der Waals surface area contributed by atoms with Gasteiger partial charge in [-0.2, -0.15) is 5.10 Å². The average Bonchev–Trinajstić information content (AvgIpc) is 3.60. The van der Waals surface area contributed by atoms with E-state index in [4.69, 9.17) is 30.5 Å². The van der Waals surface area contributed by atoms with Crippen molar-refractivity contribution < 1.29 is 28.8 Å². The van der Waals surface area contributed by atoms with Crippen LogP contribution in [0.1, 0.15) is 51.9 Å². The number of hydrogen-bond donors (Lipinski definition) is 1. The number of ether oxygens (including phenoxy) is 4. The standard InChI is InChI=1S/C37H40ClN3O6S/c1-5-46-37(43)36-28(7-6-15-47-26-17-23(2)18-27(19-26)48-22-24-8-10-25(44-4)11-9-24)29-12-13-30(38)33(35(29)40(36)3)34-31(20-42)39-41-14-16-45-21-32(34)41/h8-13,17-19,42H,5-7,14-16,20-22H2,1-4H3. The lowest BCUT2D eigenvalue weighted by Gasteiger charge is -2.17. The Hall–Kier alpha value is -3.96. The Kier molecular flexibility index (Phi) is 10.7. The Balaban J connectivity index is 1.25. The number of benzene rings is 3. The highest BCUT2D eigenvalue weighted by molar-refractivity contribution is 7.98. The number of aromatic nitrogens is 3. The first-order valence-electron chi connectivity index (χ1n) is 16.1. The summed E-state index contributed by atoms with van der Waals surface area (Å²) < 4.78 is 26.6. The first-order chi connectivity index (χ1) is 23.3. The topological polar surface area (TPSA) is 97.0 Å². The summed E-state index contributed by atoms with van der Waals surface area (Å²) in [7, 11) is 3.53. The van der Waals surface area contributed by atoms with E-state index < -0.39 is 5.97 Å². The maximum atomic E-state index is 13.4. The average molecular weight is 690 g/mol. The molecule has 1 aliphatic heterocycles. The lowest BCUT2D eigenvalue weighted by atomic mass is 9.97. The van der Waals surface area contributed by atoms with E-state index in [-0.39, 0.29) is 13.2 Å². The summed E-state index contributed by atoms with van der Waals surface area (Å²) in [6.45, 7) is 5.84. The number of carbonyl (C=O) groups excluding carboxylic acids is 1. The molecular formula is C37H40ClN3O6S. The molecule has 0 saturated heterocycles. The summed E-state index contributed by atoms with van der Waals surface area (Å²) in [5, 5.41) is 16.3. The first kappa shape index (κ1) is 33.9. The lowest BCUT2D eigenvalue weighted by Crippen LogP contribution is -2.17. The van der Waals surface area contributed by atoms with Crippen molar-refractivity contribution in [1.82, 2.24) is 14.3 Å². The fourth-order valence-corrected chi connectivity index (χ4v) is 7.60. The second-order valence-electron chi connectivity index (χ2n) is 11.7. The number of halogens is 1. The summed E-state index contributed by atoms with van der Waals surface area (Å²) in [6.07, 6.45) is 1.25. The van der Waals surface area contributed by atoms with Crippen molar-refractivity contribution in [3.05, 3.63) is 93.4 Å². The molecule has 1 N–H and O–H groups in total. The largest absolute Gasteiger partial charge is 0.497 e. The minimum absolute atomic E-state index is 0.248. The van der Waals surface area contributed by atoms with E-state index in [1.807, 2.05) is 46.6 Å². The van der Waals surface area contributed by atoms with Gasteiger partial charge in [0.15, 0.2) is 0 Å². The number of rotatable bonds is 13. The smallest absolute Gasteiger partial charge is 0.355 e. The second kappa shape index (κ2) is 15.1. The van der Waals surface area contributed by atoms with Crippen molar-refractivity contribution in [2.24, 2.45) is 7.05 Å². The summed E-state index contributed by atoms with van der Waals surface area (Å²) in [5.74, 6) is 2.11. The van der Waals surface area contributed by atoms with Gasteiger partial charge in [0.05, 0.1) is 68.6 Å². The van der Waals surface area contributed by atoms with Gasteiger partial charge in [0.1, 0.15) is 17.2 Å². The van der Waals surface area contributed by atoms with E-state index in [1.165, 1.54) is 5.56 Å². The lowest BCUT2D eigenvalue weighted by molar-refractivity contribution is 0.0514. The maximum Gasteiger partial charge on any atom is 0.355 e. The van der Waals surface area contributed by atoms with Crippen LogP contribution in [0.25, 0.3) is 22.0 Å². The van der Waals surface area contributed by atoms with E-state index in [1.54, 1.807) is 25.8 Å². The Morgan fingerprint density at radius 3 is 2.67 bits per heavy atom. The van der Waals surface area contributed by atoms with Crippen LogP contribution in [0.3, 0.4) is 0 Å². The van der Waals surface area contributed by atoms with Crippen LogP contribution in [0.5, 0.6) is 11.5 Å². The van der Waals surface area contributed by atoms with Gasteiger partial charge in [-0.25, -0.2) is 4.79 Å². The van der Waals surface area contributed by atoms with E-state index >= 15 is 0 Å². The zero-order valence-electron chi connectivity index (χ0n) is 27.7. The number of aliphatic hydroxyl groups is 1. The monoisotopic (exact) mass is 689 g/mol. The van der Waals surface area contributed by atoms with Gasteiger partial charge < -0.3 is 28.6 Å². The van der Waals surface area contributed by atoms with Crippen LogP contribution in [0.4, 0.5) is 0 Å². The number of carbonyl (C=O) groups is 1. The molecule has 0 bridgehead atoms. The van der Waals surface area contributed by atoms with Gasteiger partial charge in [0.25, 0.3) is 0 Å². The highest BCUT2D eigenvalue weighted by Crippen LogP contribution is 2.43. The highest BCUT2D eigenvalue weighted by atomic mass is 35.5. The van der Waals surface area contributed by atoms with Crippen LogP contribution in [-0.2, 0) is 48.5 Å². The molecule has 0 fully saturated rings. The molecule has 3 aromatic carbocycles. The number of thioether (sulfide) groups is 1. The molecule has 0 radical (unpaired) electrons. The molecule has 0 atom stereocenters. The van der Waals surface area contributed by atoms with Gasteiger partial charge in [0.2, 0.25) is 0 Å². The normalized spacial score (nSPS) is 12.7. The highest BCUT2D eigenvalue weighted by Gasteiger charge is 2.29. The first-order valence-corrected chi connectivity index (χ1v) is 17.4. The Labute approximate surface area is 289 Å². The zero-order chi connectivity index (χ0) is 33.8. The van der Waals surface area contributed by atoms with Crippen molar-refractivity contribution in [3.8, 4) is 22.6 Å². The molecule has 0 unspecified atom stereocenters. The fraction of sp³-hybridized carbons (Fsp3) is 0.351. The third-order valence-electron chi connectivity index (χ3n) is 8.52. The van der Waals surface area contributed by atoms with E-state index in [0.717, 1.165) is 61.0 Å². The van der Waals surface area contributed by atoms with Crippen LogP contribution in [0, 0.1) is 6.92 Å². The quantitative estimate of drug-likeness (QED) is 0.0771. The Morgan fingerprint density at radius 2 is 1.92 bits per heavy atom. The third kappa shape index (κ3) is 6.94. The van der Waals surface area contributed by atoms with Crippen molar-refractivity contribution >= 4 is 40.2 Å². The van der Waals surface area contributed by atoms with E-state index in [2.05, 4.69) is 36.3 Å². The second-order valence-corrected chi connectivity index (χ2v) is 13.2. The van der Waals surface area contributed by atoms with Crippen molar-refractivity contribution in [2.45, 2.75) is 57.1 Å². The summed E-state index contributed by atoms with van der Waals surface area (Å²) in [4.78, 5) is 14.6. The van der Waals surface area contributed by atoms with E-state index in [0.29, 0.717) is 55.6 Å². The molecule has 48 heavy (non-hydrogen) atoms. The van der Waals surface area contributed by atoms with Gasteiger partial charge in [-0.05, 0) is 79.8 Å². The molecular weight excluding hydrogens is 650 g/mol. The Bertz CT molecular complexity index is 1930. The van der Waals surface area contributed by atoms with Gasteiger partial charge >= 0.3 is 5.97 Å². The minimum atomic E-state index is -0.394. The zero-order valence-corrected chi connectivity index (χ0v) is 29.2. The fourth-order valence-electron chi connectivity index (χ4n) is 6.36. The summed E-state index contributed by atoms with van der Waals surface area (Å²) in [5.41, 5.74) is 7.33. The molecule has 11 heteroatoms. The Morgan fingerprint density at radius 1 is 1.10 bits per heavy atom. The number of aryl methyl sites for hydroxylation is 3.